The zero-order chi connectivity index (χ0) is 7.40. The van der Waals surface area contributed by atoms with Crippen molar-refractivity contribution in [1.82, 2.24) is 0 Å². The van der Waals surface area contributed by atoms with Crippen LogP contribution in [0.1, 0.15) is 26.2 Å². The standard InChI is InChI=1S/C9H15P/c1-2-3-5-8-6-4-7-9(8)10/h4,6-8H,2-3,5,10H2,1H3. The fraction of sp³-hybridized carbons (Fsp3) is 0.556. The van der Waals surface area contributed by atoms with Gasteiger partial charge in [-0.2, -0.15) is 0 Å². The lowest BCUT2D eigenvalue weighted by molar-refractivity contribution is 0.641. The lowest BCUT2D eigenvalue weighted by atomic mass is 10.0. The Morgan fingerprint density at radius 2 is 2.40 bits per heavy atom. The van der Waals surface area contributed by atoms with Gasteiger partial charge >= 0.3 is 0 Å². The maximum atomic E-state index is 2.81. The van der Waals surface area contributed by atoms with Gasteiger partial charge in [0.05, 0.1) is 0 Å². The van der Waals surface area contributed by atoms with Gasteiger partial charge in [-0.15, -0.1) is 9.24 Å². The largest absolute Gasteiger partial charge is 0.109 e. The van der Waals surface area contributed by atoms with Crippen LogP contribution in [0.5, 0.6) is 0 Å². The average molecular weight is 154 g/mol. The van der Waals surface area contributed by atoms with Crippen molar-refractivity contribution in [1.29, 1.82) is 0 Å². The second-order valence-corrected chi connectivity index (χ2v) is 3.47. The summed E-state index contributed by atoms with van der Waals surface area (Å²) >= 11 is 0. The third-order valence-corrected chi connectivity index (χ3v) is 2.55. The minimum atomic E-state index is 0.727. The van der Waals surface area contributed by atoms with Gasteiger partial charge in [0, 0.05) is 5.92 Å². The highest BCUT2D eigenvalue weighted by Crippen LogP contribution is 2.28. The number of hydrogen-bond donors (Lipinski definition) is 0. The molecule has 0 saturated carbocycles. The van der Waals surface area contributed by atoms with Crippen molar-refractivity contribution >= 4 is 9.24 Å². The topological polar surface area (TPSA) is 0 Å². The van der Waals surface area contributed by atoms with E-state index >= 15 is 0 Å². The molecule has 1 rings (SSSR count). The molecule has 1 aliphatic rings. The molecule has 2 atom stereocenters. The van der Waals surface area contributed by atoms with Gasteiger partial charge in [-0.3, -0.25) is 0 Å². The first-order chi connectivity index (χ1) is 4.84. The lowest BCUT2D eigenvalue weighted by Gasteiger charge is -2.07. The Morgan fingerprint density at radius 3 is 2.90 bits per heavy atom. The van der Waals surface area contributed by atoms with E-state index in [2.05, 4.69) is 34.4 Å². The predicted octanol–water partition coefficient (Wildman–Crippen LogP) is 3.12. The summed E-state index contributed by atoms with van der Waals surface area (Å²) in [6, 6.07) is 0. The van der Waals surface area contributed by atoms with E-state index in [1.165, 1.54) is 24.6 Å². The van der Waals surface area contributed by atoms with E-state index in [0.717, 1.165) is 5.92 Å². The molecule has 0 saturated heterocycles. The molecule has 0 aliphatic heterocycles. The van der Waals surface area contributed by atoms with Crippen LogP contribution in [0.15, 0.2) is 23.5 Å². The van der Waals surface area contributed by atoms with Crippen LogP contribution in [0, 0.1) is 5.92 Å². The van der Waals surface area contributed by atoms with Crippen LogP contribution in [0.25, 0.3) is 0 Å². The summed E-state index contributed by atoms with van der Waals surface area (Å²) in [5, 5.41) is 1.45. The van der Waals surface area contributed by atoms with E-state index in [4.69, 9.17) is 0 Å². The van der Waals surface area contributed by atoms with Crippen molar-refractivity contribution in [3.05, 3.63) is 23.5 Å². The van der Waals surface area contributed by atoms with Gasteiger partial charge in [0.1, 0.15) is 0 Å². The Kier molecular flexibility index (Phi) is 3.15. The van der Waals surface area contributed by atoms with Crippen molar-refractivity contribution in [2.24, 2.45) is 5.92 Å². The Labute approximate surface area is 65.6 Å². The van der Waals surface area contributed by atoms with Crippen LogP contribution in [0.4, 0.5) is 0 Å². The summed E-state index contributed by atoms with van der Waals surface area (Å²) in [7, 11) is 2.81. The molecule has 0 spiro atoms. The molecular weight excluding hydrogens is 139 g/mol. The van der Waals surface area contributed by atoms with E-state index < -0.39 is 0 Å². The van der Waals surface area contributed by atoms with E-state index in [0.29, 0.717) is 0 Å². The molecule has 0 aromatic carbocycles. The molecule has 0 aromatic rings. The molecule has 56 valence electrons. The molecule has 1 aliphatic carbocycles. The third-order valence-electron chi connectivity index (χ3n) is 1.93. The molecule has 0 aromatic heterocycles. The molecule has 0 radical (unpaired) electrons. The minimum absolute atomic E-state index is 0.727. The molecular formula is C9H15P. The first kappa shape index (κ1) is 8.01. The number of allylic oxidation sites excluding steroid dienone is 4. The van der Waals surface area contributed by atoms with Gasteiger partial charge < -0.3 is 0 Å². The number of unbranched alkanes of at least 4 members (excludes halogenated alkanes) is 1. The molecule has 2 unspecified atom stereocenters. The maximum absolute atomic E-state index is 2.81. The van der Waals surface area contributed by atoms with Gasteiger partial charge in [0.2, 0.25) is 0 Å². The summed E-state index contributed by atoms with van der Waals surface area (Å²) in [5.41, 5.74) is 0. The second kappa shape index (κ2) is 3.93. The molecule has 0 nitrogen and oxygen atoms in total. The van der Waals surface area contributed by atoms with Crippen LogP contribution in [-0.2, 0) is 0 Å². The monoisotopic (exact) mass is 154 g/mol. The van der Waals surface area contributed by atoms with E-state index in [1.54, 1.807) is 0 Å². The third kappa shape index (κ3) is 1.95. The van der Waals surface area contributed by atoms with Gasteiger partial charge in [-0.1, -0.05) is 38.0 Å². The Hall–Kier alpha value is -0.0900. The minimum Gasteiger partial charge on any atom is -0.109 e. The number of hydrogen-bond acceptors (Lipinski definition) is 0. The van der Waals surface area contributed by atoms with Gasteiger partial charge in [0.15, 0.2) is 0 Å². The van der Waals surface area contributed by atoms with E-state index in [-0.39, 0.29) is 0 Å². The molecule has 1 heteroatoms. The smallest absolute Gasteiger partial charge is 0.00202 e. The number of rotatable bonds is 3. The first-order valence-electron chi connectivity index (χ1n) is 3.98. The first-order valence-corrected chi connectivity index (χ1v) is 4.56. The Bertz CT molecular complexity index is 156. The summed E-state index contributed by atoms with van der Waals surface area (Å²) in [4.78, 5) is 0. The van der Waals surface area contributed by atoms with Crippen molar-refractivity contribution in [2.45, 2.75) is 26.2 Å². The van der Waals surface area contributed by atoms with Crippen LogP contribution >= 0.6 is 9.24 Å². The highest BCUT2D eigenvalue weighted by Gasteiger charge is 2.08. The zero-order valence-corrected chi connectivity index (χ0v) is 7.66. The van der Waals surface area contributed by atoms with Crippen LogP contribution in [0.2, 0.25) is 0 Å². The quantitative estimate of drug-likeness (QED) is 0.548. The molecule has 0 bridgehead atoms. The normalized spacial score (nSPS) is 23.4. The molecule has 0 fully saturated rings. The van der Waals surface area contributed by atoms with Crippen LogP contribution in [-0.4, -0.2) is 0 Å². The van der Waals surface area contributed by atoms with E-state index in [1.807, 2.05) is 0 Å². The average Bonchev–Trinajstić information content (AvgIpc) is 2.31. The van der Waals surface area contributed by atoms with Crippen LogP contribution in [0.3, 0.4) is 0 Å². The van der Waals surface area contributed by atoms with Crippen molar-refractivity contribution < 1.29 is 0 Å². The molecule has 0 heterocycles. The SMILES string of the molecule is CCCCC1C=CC=C1P. The molecule has 0 N–H and O–H groups in total. The van der Waals surface area contributed by atoms with Gasteiger partial charge in [-0.25, -0.2) is 0 Å². The second-order valence-electron chi connectivity index (χ2n) is 2.80. The van der Waals surface area contributed by atoms with Crippen LogP contribution < -0.4 is 0 Å². The van der Waals surface area contributed by atoms with Crippen molar-refractivity contribution in [2.75, 3.05) is 0 Å². The molecule has 10 heavy (non-hydrogen) atoms. The maximum Gasteiger partial charge on any atom is 0.00202 e. The van der Waals surface area contributed by atoms with E-state index in [9.17, 15) is 0 Å². The fourth-order valence-corrected chi connectivity index (χ4v) is 1.61. The fourth-order valence-electron chi connectivity index (χ4n) is 1.22. The summed E-state index contributed by atoms with van der Waals surface area (Å²) in [6.07, 6.45) is 10.6. The van der Waals surface area contributed by atoms with Gasteiger partial charge in [-0.05, 0) is 11.7 Å². The summed E-state index contributed by atoms with van der Waals surface area (Å²) < 4.78 is 0. The van der Waals surface area contributed by atoms with Crippen molar-refractivity contribution in [3.63, 3.8) is 0 Å². The van der Waals surface area contributed by atoms with Gasteiger partial charge in [0.25, 0.3) is 0 Å². The molecule has 0 amide bonds. The summed E-state index contributed by atoms with van der Waals surface area (Å²) in [5.74, 6) is 0.727. The summed E-state index contributed by atoms with van der Waals surface area (Å²) in [6.45, 7) is 2.24. The highest BCUT2D eigenvalue weighted by atomic mass is 31.0. The highest BCUT2D eigenvalue weighted by molar-refractivity contribution is 7.22. The van der Waals surface area contributed by atoms with Crippen molar-refractivity contribution in [3.8, 4) is 0 Å². The zero-order valence-electron chi connectivity index (χ0n) is 6.51. The Balaban J connectivity index is 2.29. The predicted molar refractivity (Wildman–Crippen MR) is 49.9 cm³/mol. The Morgan fingerprint density at radius 1 is 1.60 bits per heavy atom. The lowest BCUT2D eigenvalue weighted by Crippen LogP contribution is -1.91.